The lowest BCUT2D eigenvalue weighted by Gasteiger charge is -2.15. The van der Waals surface area contributed by atoms with Crippen molar-refractivity contribution in [2.45, 2.75) is 58.5 Å². The summed E-state index contributed by atoms with van der Waals surface area (Å²) in [4.78, 5) is 15.7. The minimum absolute atomic E-state index is 0.133. The van der Waals surface area contributed by atoms with Crippen molar-refractivity contribution in [2.75, 3.05) is 13.7 Å². The van der Waals surface area contributed by atoms with Gasteiger partial charge in [-0.1, -0.05) is 39.0 Å². The molecule has 1 aromatic carbocycles. The Morgan fingerprint density at radius 2 is 1.86 bits per heavy atom. The number of alkyl halides is 3. The van der Waals surface area contributed by atoms with Crippen molar-refractivity contribution < 1.29 is 27.4 Å². The van der Waals surface area contributed by atoms with E-state index in [9.17, 15) is 18.0 Å². The average molecular weight is 490 g/mol. The second-order valence-corrected chi connectivity index (χ2v) is 8.51. The third-order valence-electron chi connectivity index (χ3n) is 5.64. The highest BCUT2D eigenvalue weighted by atomic mass is 19.4. The molecule has 0 saturated heterocycles. The topological polar surface area (TPSA) is 66.2 Å². The van der Waals surface area contributed by atoms with Crippen molar-refractivity contribution in [1.29, 1.82) is 0 Å². The summed E-state index contributed by atoms with van der Waals surface area (Å²) in [6, 6.07) is 8.07. The van der Waals surface area contributed by atoms with Gasteiger partial charge in [0.2, 0.25) is 0 Å². The van der Waals surface area contributed by atoms with Gasteiger partial charge in [0.1, 0.15) is 5.75 Å². The van der Waals surface area contributed by atoms with E-state index in [2.05, 4.69) is 10.1 Å². The van der Waals surface area contributed by atoms with Crippen molar-refractivity contribution in [3.05, 3.63) is 70.7 Å². The lowest BCUT2D eigenvalue weighted by atomic mass is 10.0. The Hall–Kier alpha value is -3.36. The maximum atomic E-state index is 12.8. The third kappa shape index (κ3) is 6.61. The number of carbonyl (C=O) groups is 1. The van der Waals surface area contributed by atoms with Crippen LogP contribution in [0.15, 0.2) is 42.7 Å². The molecule has 0 saturated carbocycles. The van der Waals surface area contributed by atoms with E-state index in [1.54, 1.807) is 0 Å². The van der Waals surface area contributed by atoms with E-state index in [4.69, 9.17) is 9.47 Å². The maximum Gasteiger partial charge on any atom is 0.417 e. The zero-order valence-corrected chi connectivity index (χ0v) is 20.4. The number of hydrogen-bond donors (Lipinski definition) is 0. The first kappa shape index (κ1) is 26.2. The first-order valence-corrected chi connectivity index (χ1v) is 11.6. The molecule has 35 heavy (non-hydrogen) atoms. The fraction of sp³-hybridized carbons (Fsp3) is 0.423. The van der Waals surface area contributed by atoms with Crippen molar-refractivity contribution in [2.24, 2.45) is 0 Å². The van der Waals surface area contributed by atoms with Gasteiger partial charge >= 0.3 is 12.1 Å². The standard InChI is InChI=1S/C26H30F3N3O3/c1-5-18-8-6-9-19(14-23(33)34-4)25(18)35-13-7-10-20-16-32(31-24(20)17(2)3)22-12-11-21(15-30-22)26(27,28)29/h6,8-9,11-12,15-17H,5,7,10,13-14H2,1-4H3. The Morgan fingerprint density at radius 3 is 2.46 bits per heavy atom. The van der Waals surface area contributed by atoms with Crippen LogP contribution in [0.5, 0.6) is 5.75 Å². The van der Waals surface area contributed by atoms with Crippen LogP contribution < -0.4 is 4.74 Å². The minimum atomic E-state index is -4.43. The molecule has 188 valence electrons. The molecule has 6 nitrogen and oxygen atoms in total. The molecular formula is C26H30F3N3O3. The quantitative estimate of drug-likeness (QED) is 0.270. The molecule has 0 amide bonds. The largest absolute Gasteiger partial charge is 0.493 e. The van der Waals surface area contributed by atoms with Crippen LogP contribution in [0.25, 0.3) is 5.82 Å². The van der Waals surface area contributed by atoms with E-state index in [-0.39, 0.29) is 18.3 Å². The third-order valence-corrected chi connectivity index (χ3v) is 5.64. The van der Waals surface area contributed by atoms with Crippen LogP contribution in [0, 0.1) is 0 Å². The molecular weight excluding hydrogens is 459 g/mol. The van der Waals surface area contributed by atoms with Gasteiger partial charge in [0, 0.05) is 18.0 Å². The molecule has 2 heterocycles. The van der Waals surface area contributed by atoms with Crippen LogP contribution in [0.4, 0.5) is 13.2 Å². The lowest BCUT2D eigenvalue weighted by Crippen LogP contribution is -2.09. The summed E-state index contributed by atoms with van der Waals surface area (Å²) < 4.78 is 51.0. The number of para-hydroxylation sites is 1. The summed E-state index contributed by atoms with van der Waals surface area (Å²) in [6.07, 6.45) is 0.483. The molecule has 3 aromatic rings. The number of ether oxygens (including phenoxy) is 2. The smallest absolute Gasteiger partial charge is 0.417 e. The summed E-state index contributed by atoms with van der Waals surface area (Å²) in [7, 11) is 1.36. The molecule has 0 radical (unpaired) electrons. The van der Waals surface area contributed by atoms with Crippen molar-refractivity contribution in [1.82, 2.24) is 14.8 Å². The molecule has 0 spiro atoms. The Morgan fingerprint density at radius 1 is 1.11 bits per heavy atom. The van der Waals surface area contributed by atoms with E-state index >= 15 is 0 Å². The number of methoxy groups -OCH3 is 1. The fourth-order valence-electron chi connectivity index (χ4n) is 3.81. The van der Waals surface area contributed by atoms with E-state index in [1.165, 1.54) is 17.9 Å². The molecule has 2 aromatic heterocycles. The number of carbonyl (C=O) groups excluding carboxylic acids is 1. The summed E-state index contributed by atoms with van der Waals surface area (Å²) in [5.41, 5.74) is 2.88. The molecule has 3 rings (SSSR count). The number of hydrogen-bond acceptors (Lipinski definition) is 5. The van der Waals surface area contributed by atoms with Gasteiger partial charge in [0.25, 0.3) is 0 Å². The maximum absolute atomic E-state index is 12.8. The highest BCUT2D eigenvalue weighted by Gasteiger charge is 2.30. The van der Waals surface area contributed by atoms with Gasteiger partial charge < -0.3 is 9.47 Å². The van der Waals surface area contributed by atoms with Crippen molar-refractivity contribution in [3.63, 3.8) is 0 Å². The van der Waals surface area contributed by atoms with E-state index < -0.39 is 11.7 Å². The van der Waals surface area contributed by atoms with Crippen LogP contribution in [0.1, 0.15) is 61.1 Å². The molecule has 0 aliphatic heterocycles. The molecule has 0 unspecified atom stereocenters. The van der Waals surface area contributed by atoms with Gasteiger partial charge in [-0.05, 0) is 48.4 Å². The summed E-state index contributed by atoms with van der Waals surface area (Å²) >= 11 is 0. The molecule has 0 aliphatic carbocycles. The van der Waals surface area contributed by atoms with Crippen LogP contribution >= 0.6 is 0 Å². The highest BCUT2D eigenvalue weighted by molar-refractivity contribution is 5.73. The van der Waals surface area contributed by atoms with Crippen LogP contribution in [-0.4, -0.2) is 34.5 Å². The minimum Gasteiger partial charge on any atom is -0.493 e. The number of esters is 1. The van der Waals surface area contributed by atoms with E-state index in [0.717, 1.165) is 41.1 Å². The van der Waals surface area contributed by atoms with Gasteiger partial charge in [-0.2, -0.15) is 18.3 Å². The van der Waals surface area contributed by atoms with Crippen LogP contribution in [0.2, 0.25) is 0 Å². The second kappa shape index (κ2) is 11.4. The normalized spacial score (nSPS) is 11.7. The number of halogens is 3. The van der Waals surface area contributed by atoms with Gasteiger partial charge in [0.05, 0.1) is 31.4 Å². The lowest BCUT2D eigenvalue weighted by molar-refractivity contribution is -0.140. The SMILES string of the molecule is CCc1cccc(CC(=O)OC)c1OCCCc1cn(-c2ccc(C(F)(F)F)cn2)nc1C(C)C. The summed E-state index contributed by atoms with van der Waals surface area (Å²) in [5.74, 6) is 0.851. The Labute approximate surface area is 203 Å². The zero-order valence-electron chi connectivity index (χ0n) is 20.4. The first-order chi connectivity index (χ1) is 16.6. The molecule has 0 atom stereocenters. The predicted molar refractivity (Wildman–Crippen MR) is 126 cm³/mol. The van der Waals surface area contributed by atoms with Gasteiger partial charge in [0.15, 0.2) is 5.82 Å². The number of aryl methyl sites for hydroxylation is 2. The summed E-state index contributed by atoms with van der Waals surface area (Å²) in [5, 5.41) is 4.57. The molecule has 0 fully saturated rings. The van der Waals surface area contributed by atoms with E-state index in [1.807, 2.05) is 45.2 Å². The van der Waals surface area contributed by atoms with Crippen molar-refractivity contribution >= 4 is 5.97 Å². The number of rotatable bonds is 10. The molecule has 0 aliphatic rings. The van der Waals surface area contributed by atoms with Crippen LogP contribution in [0.3, 0.4) is 0 Å². The van der Waals surface area contributed by atoms with Gasteiger partial charge in [-0.3, -0.25) is 4.79 Å². The first-order valence-electron chi connectivity index (χ1n) is 11.6. The monoisotopic (exact) mass is 489 g/mol. The molecule has 0 N–H and O–H groups in total. The predicted octanol–water partition coefficient (Wildman–Crippen LogP) is 5.70. The van der Waals surface area contributed by atoms with Crippen molar-refractivity contribution in [3.8, 4) is 11.6 Å². The molecule has 9 heteroatoms. The highest BCUT2D eigenvalue weighted by Crippen LogP contribution is 2.29. The number of pyridine rings is 1. The Kier molecular flexibility index (Phi) is 8.53. The number of benzene rings is 1. The second-order valence-electron chi connectivity index (χ2n) is 8.51. The average Bonchev–Trinajstić information content (AvgIpc) is 3.26. The Bertz CT molecular complexity index is 1140. The van der Waals surface area contributed by atoms with E-state index in [0.29, 0.717) is 31.0 Å². The zero-order chi connectivity index (χ0) is 25.6. The van der Waals surface area contributed by atoms with Crippen LogP contribution in [-0.2, 0) is 35.0 Å². The fourth-order valence-corrected chi connectivity index (χ4v) is 3.81. The van der Waals surface area contributed by atoms with Gasteiger partial charge in [-0.25, -0.2) is 9.67 Å². The number of nitrogens with zero attached hydrogens (tertiary/aromatic N) is 3. The van der Waals surface area contributed by atoms with Gasteiger partial charge in [-0.15, -0.1) is 0 Å². The summed E-state index contributed by atoms with van der Waals surface area (Å²) in [6.45, 7) is 6.50. The molecule has 0 bridgehead atoms. The Balaban J connectivity index is 1.71. The number of aromatic nitrogens is 3.